The van der Waals surface area contributed by atoms with Crippen molar-refractivity contribution in [1.82, 2.24) is 19.8 Å². The quantitative estimate of drug-likeness (QED) is 0.553. The van der Waals surface area contributed by atoms with Crippen LogP contribution in [0.3, 0.4) is 0 Å². The third-order valence-electron chi connectivity index (χ3n) is 1.77. The molecule has 0 saturated heterocycles. The summed E-state index contributed by atoms with van der Waals surface area (Å²) in [5.74, 6) is 0. The molecule has 4 nitrogen and oxygen atoms in total. The standard InChI is InChI=1S/C7H8N4/c1-5-6(2)11-7(9-5)3-4-8-10-11/h3-4H,1-2H3. The van der Waals surface area contributed by atoms with Crippen molar-refractivity contribution in [2.45, 2.75) is 13.8 Å². The van der Waals surface area contributed by atoms with Crippen LogP contribution < -0.4 is 0 Å². The second-order valence-electron chi connectivity index (χ2n) is 2.47. The van der Waals surface area contributed by atoms with E-state index in [-0.39, 0.29) is 0 Å². The zero-order chi connectivity index (χ0) is 7.84. The van der Waals surface area contributed by atoms with Gasteiger partial charge in [0.1, 0.15) is 0 Å². The second kappa shape index (κ2) is 2.02. The number of imidazole rings is 1. The van der Waals surface area contributed by atoms with Gasteiger partial charge in [0, 0.05) is 6.07 Å². The Labute approximate surface area is 63.9 Å². The van der Waals surface area contributed by atoms with Crippen LogP contribution in [0.2, 0.25) is 0 Å². The maximum atomic E-state index is 4.27. The van der Waals surface area contributed by atoms with Crippen molar-refractivity contribution >= 4 is 5.65 Å². The Hall–Kier alpha value is -1.45. The molecule has 2 rings (SSSR count). The van der Waals surface area contributed by atoms with Crippen molar-refractivity contribution in [2.75, 3.05) is 0 Å². The summed E-state index contributed by atoms with van der Waals surface area (Å²) in [5.41, 5.74) is 2.91. The number of hydrogen-bond acceptors (Lipinski definition) is 3. The molecule has 0 N–H and O–H groups in total. The fourth-order valence-corrected chi connectivity index (χ4v) is 1.03. The van der Waals surface area contributed by atoms with Gasteiger partial charge >= 0.3 is 0 Å². The molecule has 0 bridgehead atoms. The van der Waals surface area contributed by atoms with E-state index in [1.807, 2.05) is 19.9 Å². The number of rotatable bonds is 0. The minimum absolute atomic E-state index is 0.856. The van der Waals surface area contributed by atoms with Crippen LogP contribution in [0, 0.1) is 13.8 Å². The summed E-state index contributed by atoms with van der Waals surface area (Å²) in [6.07, 6.45) is 1.64. The van der Waals surface area contributed by atoms with Gasteiger partial charge in [-0.15, -0.1) is 5.10 Å². The summed E-state index contributed by atoms with van der Waals surface area (Å²) >= 11 is 0. The minimum atomic E-state index is 0.856. The van der Waals surface area contributed by atoms with E-state index in [9.17, 15) is 0 Å². The number of aromatic nitrogens is 4. The molecule has 2 aromatic heterocycles. The number of hydrogen-bond donors (Lipinski definition) is 0. The lowest BCUT2D eigenvalue weighted by Gasteiger charge is -1.89. The minimum Gasteiger partial charge on any atom is -0.232 e. The summed E-state index contributed by atoms with van der Waals surface area (Å²) < 4.78 is 1.73. The van der Waals surface area contributed by atoms with Crippen LogP contribution in [-0.2, 0) is 0 Å². The molecule has 0 spiro atoms. The normalized spacial score (nSPS) is 10.7. The Morgan fingerprint density at radius 2 is 2.18 bits per heavy atom. The zero-order valence-corrected chi connectivity index (χ0v) is 6.44. The van der Waals surface area contributed by atoms with Crippen LogP contribution in [0.4, 0.5) is 0 Å². The fourth-order valence-electron chi connectivity index (χ4n) is 1.03. The highest BCUT2D eigenvalue weighted by Crippen LogP contribution is 2.06. The van der Waals surface area contributed by atoms with Gasteiger partial charge in [0.25, 0.3) is 0 Å². The van der Waals surface area contributed by atoms with Crippen LogP contribution in [-0.4, -0.2) is 19.8 Å². The molecular formula is C7H8N4. The highest BCUT2D eigenvalue weighted by Gasteiger charge is 2.02. The van der Waals surface area contributed by atoms with Crippen molar-refractivity contribution in [3.8, 4) is 0 Å². The molecule has 0 unspecified atom stereocenters. The summed E-state index contributed by atoms with van der Waals surface area (Å²) in [5, 5.41) is 7.67. The lowest BCUT2D eigenvalue weighted by atomic mass is 10.4. The van der Waals surface area contributed by atoms with E-state index in [4.69, 9.17) is 0 Å². The van der Waals surface area contributed by atoms with Gasteiger partial charge in [-0.2, -0.15) is 4.52 Å². The van der Waals surface area contributed by atoms with Crippen LogP contribution in [0.15, 0.2) is 12.3 Å². The van der Waals surface area contributed by atoms with Gasteiger partial charge in [-0.3, -0.25) is 0 Å². The first-order valence-electron chi connectivity index (χ1n) is 3.42. The monoisotopic (exact) mass is 148 g/mol. The molecule has 0 aliphatic heterocycles. The SMILES string of the molecule is Cc1nc2ccnnn2c1C. The molecule has 0 radical (unpaired) electrons. The van der Waals surface area contributed by atoms with Crippen molar-refractivity contribution in [3.63, 3.8) is 0 Å². The molecule has 0 amide bonds. The second-order valence-corrected chi connectivity index (χ2v) is 2.47. The fraction of sp³-hybridized carbons (Fsp3) is 0.286. The molecule has 11 heavy (non-hydrogen) atoms. The first-order chi connectivity index (χ1) is 5.29. The molecule has 2 heterocycles. The van der Waals surface area contributed by atoms with Crippen molar-refractivity contribution in [3.05, 3.63) is 23.7 Å². The summed E-state index contributed by atoms with van der Waals surface area (Å²) in [4.78, 5) is 4.27. The van der Waals surface area contributed by atoms with E-state index >= 15 is 0 Å². The number of aryl methyl sites for hydroxylation is 2. The van der Waals surface area contributed by atoms with Gasteiger partial charge in [-0.25, -0.2) is 4.98 Å². The molecule has 0 saturated carbocycles. The van der Waals surface area contributed by atoms with E-state index in [1.165, 1.54) is 0 Å². The molecule has 4 heteroatoms. The van der Waals surface area contributed by atoms with E-state index in [0.29, 0.717) is 0 Å². The van der Waals surface area contributed by atoms with Crippen LogP contribution in [0.25, 0.3) is 5.65 Å². The first-order valence-corrected chi connectivity index (χ1v) is 3.42. The van der Waals surface area contributed by atoms with Gasteiger partial charge in [0.05, 0.1) is 17.6 Å². The highest BCUT2D eigenvalue weighted by molar-refractivity contribution is 5.39. The maximum absolute atomic E-state index is 4.27. The van der Waals surface area contributed by atoms with Crippen LogP contribution in [0.1, 0.15) is 11.4 Å². The topological polar surface area (TPSA) is 43.1 Å². The van der Waals surface area contributed by atoms with Gasteiger partial charge < -0.3 is 0 Å². The number of nitrogens with zero attached hydrogens (tertiary/aromatic N) is 4. The lowest BCUT2D eigenvalue weighted by molar-refractivity contribution is 0.785. The van der Waals surface area contributed by atoms with Crippen LogP contribution in [0.5, 0.6) is 0 Å². The Bertz CT molecular complexity index is 390. The first kappa shape index (κ1) is 6.27. The molecule has 0 aromatic carbocycles. The molecule has 0 fully saturated rings. The predicted octanol–water partition coefficient (Wildman–Crippen LogP) is 0.741. The van der Waals surface area contributed by atoms with E-state index in [1.54, 1.807) is 10.7 Å². The average Bonchev–Trinajstić information content (AvgIpc) is 2.30. The van der Waals surface area contributed by atoms with Gasteiger partial charge in [0.15, 0.2) is 5.65 Å². The molecule has 0 aliphatic carbocycles. The van der Waals surface area contributed by atoms with E-state index in [0.717, 1.165) is 17.0 Å². The Balaban J connectivity index is 2.92. The van der Waals surface area contributed by atoms with Crippen molar-refractivity contribution < 1.29 is 0 Å². The summed E-state index contributed by atoms with van der Waals surface area (Å²) in [7, 11) is 0. The maximum Gasteiger partial charge on any atom is 0.157 e. The lowest BCUT2D eigenvalue weighted by Crippen LogP contribution is -1.95. The average molecular weight is 148 g/mol. The largest absolute Gasteiger partial charge is 0.232 e. The zero-order valence-electron chi connectivity index (χ0n) is 6.44. The number of fused-ring (bicyclic) bond motifs is 1. The summed E-state index contributed by atoms with van der Waals surface area (Å²) in [6, 6.07) is 1.84. The van der Waals surface area contributed by atoms with Crippen LogP contribution >= 0.6 is 0 Å². The molecule has 0 aliphatic rings. The third kappa shape index (κ3) is 0.790. The van der Waals surface area contributed by atoms with Crippen molar-refractivity contribution in [1.29, 1.82) is 0 Å². The van der Waals surface area contributed by atoms with Gasteiger partial charge in [0.2, 0.25) is 0 Å². The highest BCUT2D eigenvalue weighted by atomic mass is 15.4. The molecule has 56 valence electrons. The molecule has 0 atom stereocenters. The summed E-state index contributed by atoms with van der Waals surface area (Å²) in [6.45, 7) is 3.94. The van der Waals surface area contributed by atoms with Gasteiger partial charge in [-0.05, 0) is 13.8 Å². The van der Waals surface area contributed by atoms with Crippen molar-refractivity contribution in [2.24, 2.45) is 0 Å². The molecular weight excluding hydrogens is 140 g/mol. The Morgan fingerprint density at radius 1 is 1.36 bits per heavy atom. The van der Waals surface area contributed by atoms with E-state index < -0.39 is 0 Å². The Morgan fingerprint density at radius 3 is 2.91 bits per heavy atom. The predicted molar refractivity (Wildman–Crippen MR) is 40.3 cm³/mol. The molecule has 2 aromatic rings. The van der Waals surface area contributed by atoms with Gasteiger partial charge in [-0.1, -0.05) is 5.21 Å². The van der Waals surface area contributed by atoms with E-state index in [2.05, 4.69) is 15.3 Å². The smallest absolute Gasteiger partial charge is 0.157 e. The third-order valence-corrected chi connectivity index (χ3v) is 1.77. The Kier molecular flexibility index (Phi) is 1.15.